The largest absolute Gasteiger partial charge is 0.347 e. The lowest BCUT2D eigenvalue weighted by atomic mass is 10.0. The molecule has 0 N–H and O–H groups in total. The van der Waals surface area contributed by atoms with Crippen molar-refractivity contribution in [3.63, 3.8) is 0 Å². The predicted octanol–water partition coefficient (Wildman–Crippen LogP) is 5.12. The second-order valence-electron chi connectivity index (χ2n) is 7.31. The van der Waals surface area contributed by atoms with Crippen molar-refractivity contribution in [3.8, 4) is 0 Å². The van der Waals surface area contributed by atoms with E-state index < -0.39 is 0 Å². The summed E-state index contributed by atoms with van der Waals surface area (Å²) >= 11 is 0. The zero-order valence-corrected chi connectivity index (χ0v) is 16.9. The Morgan fingerprint density at radius 3 is 2.41 bits per heavy atom. The first-order valence-corrected chi connectivity index (χ1v) is 9.27. The van der Waals surface area contributed by atoms with Gasteiger partial charge < -0.3 is 14.7 Å². The lowest BCUT2D eigenvalue weighted by Gasteiger charge is -2.40. The first kappa shape index (κ1) is 18.8. The fourth-order valence-corrected chi connectivity index (χ4v) is 3.52. The van der Waals surface area contributed by atoms with Crippen molar-refractivity contribution >= 4 is 5.69 Å². The molecule has 3 rings (SSSR count). The van der Waals surface area contributed by atoms with Crippen LogP contribution in [0.3, 0.4) is 0 Å². The van der Waals surface area contributed by atoms with Crippen LogP contribution in [-0.2, 0) is 6.42 Å². The maximum absolute atomic E-state index is 4.20. The van der Waals surface area contributed by atoms with Crippen molar-refractivity contribution in [3.05, 3.63) is 102 Å². The van der Waals surface area contributed by atoms with Gasteiger partial charge in [0, 0.05) is 49.5 Å². The van der Waals surface area contributed by atoms with Crippen LogP contribution in [0.5, 0.6) is 0 Å². The molecule has 1 aromatic carbocycles. The van der Waals surface area contributed by atoms with Gasteiger partial charge >= 0.3 is 0 Å². The van der Waals surface area contributed by atoms with E-state index in [-0.39, 0.29) is 0 Å². The van der Waals surface area contributed by atoms with E-state index in [2.05, 4.69) is 81.1 Å². The normalized spacial score (nSPS) is 18.1. The average molecular weight is 360 g/mol. The smallest absolute Gasteiger partial charge is 0.105 e. The van der Waals surface area contributed by atoms with Gasteiger partial charge in [0.1, 0.15) is 5.82 Å². The van der Waals surface area contributed by atoms with Crippen LogP contribution in [0, 0.1) is 6.92 Å². The fraction of sp³-hybridized carbons (Fsp3) is 0.250. The highest BCUT2D eigenvalue weighted by Gasteiger charge is 2.25. The number of hydrogen-bond acceptors (Lipinski definition) is 3. The summed E-state index contributed by atoms with van der Waals surface area (Å²) < 4.78 is 0. The molecule has 1 fully saturated rings. The molecule has 0 aromatic heterocycles. The third-order valence-electron chi connectivity index (χ3n) is 5.37. The van der Waals surface area contributed by atoms with Crippen LogP contribution in [0.4, 0.5) is 5.69 Å². The van der Waals surface area contributed by atoms with Crippen molar-refractivity contribution in [2.24, 2.45) is 0 Å². The molecule has 0 radical (unpaired) electrons. The second-order valence-corrected chi connectivity index (χ2v) is 7.31. The topological polar surface area (TPSA) is 9.72 Å². The molecule has 2 heterocycles. The Balaban J connectivity index is 1.76. The lowest BCUT2D eigenvalue weighted by molar-refractivity contribution is 0.338. The van der Waals surface area contributed by atoms with E-state index in [4.69, 9.17) is 0 Å². The van der Waals surface area contributed by atoms with E-state index in [1.807, 2.05) is 23.9 Å². The van der Waals surface area contributed by atoms with Gasteiger partial charge in [0.15, 0.2) is 0 Å². The van der Waals surface area contributed by atoms with Gasteiger partial charge in [-0.1, -0.05) is 49.1 Å². The minimum atomic E-state index is 0.881. The standard InChI is InChI=1S/C24H29N3/c1-17(16-23-19(3)25(6)21(5)26(7)20(23)4)9-8-13-27-14-12-22-15-18(2)10-11-24(22)27/h8-11,13,15-16H,3-5,12,14H2,1-2,6-7H3/b13-8+,17-9+. The zero-order chi connectivity index (χ0) is 19.7. The first-order chi connectivity index (χ1) is 12.8. The maximum atomic E-state index is 4.20. The van der Waals surface area contributed by atoms with Crippen molar-refractivity contribution in [2.45, 2.75) is 20.3 Å². The molecule has 0 atom stereocenters. The predicted molar refractivity (Wildman–Crippen MR) is 116 cm³/mol. The zero-order valence-electron chi connectivity index (χ0n) is 16.9. The van der Waals surface area contributed by atoms with E-state index in [1.165, 1.54) is 16.8 Å². The van der Waals surface area contributed by atoms with Crippen LogP contribution in [0.2, 0.25) is 0 Å². The molecule has 1 aromatic rings. The van der Waals surface area contributed by atoms with Gasteiger partial charge in [-0.05, 0) is 44.1 Å². The van der Waals surface area contributed by atoms with Gasteiger partial charge in [0.25, 0.3) is 0 Å². The number of fused-ring (bicyclic) bond motifs is 1. The molecule has 0 amide bonds. The summed E-state index contributed by atoms with van der Waals surface area (Å²) in [7, 11) is 3.96. The Morgan fingerprint density at radius 1 is 1.07 bits per heavy atom. The summed E-state index contributed by atoms with van der Waals surface area (Å²) in [6, 6.07) is 6.68. The molecule has 3 heteroatoms. The number of likely N-dealkylation sites (N-methyl/N-ethyl adjacent to an activating group) is 2. The number of allylic oxidation sites excluding steroid dienone is 4. The van der Waals surface area contributed by atoms with Crippen molar-refractivity contribution < 1.29 is 0 Å². The second kappa shape index (κ2) is 7.36. The van der Waals surface area contributed by atoms with Gasteiger partial charge in [-0.2, -0.15) is 0 Å². The Labute approximate surface area is 163 Å². The van der Waals surface area contributed by atoms with Gasteiger partial charge in [-0.25, -0.2) is 0 Å². The summed E-state index contributed by atoms with van der Waals surface area (Å²) in [5, 5.41) is 0. The van der Waals surface area contributed by atoms with Gasteiger partial charge in [0.05, 0.1) is 0 Å². The Morgan fingerprint density at radius 2 is 1.74 bits per heavy atom. The molecule has 27 heavy (non-hydrogen) atoms. The third-order valence-corrected chi connectivity index (χ3v) is 5.37. The summed E-state index contributed by atoms with van der Waals surface area (Å²) in [6.07, 6.45) is 9.64. The molecule has 0 saturated carbocycles. The van der Waals surface area contributed by atoms with Crippen LogP contribution in [-0.4, -0.2) is 30.4 Å². The van der Waals surface area contributed by atoms with E-state index in [0.29, 0.717) is 0 Å². The molecule has 1 saturated heterocycles. The van der Waals surface area contributed by atoms with Crippen LogP contribution < -0.4 is 4.90 Å². The molecule has 0 unspecified atom stereocenters. The van der Waals surface area contributed by atoms with E-state index in [1.54, 1.807) is 0 Å². The van der Waals surface area contributed by atoms with Crippen LogP contribution >= 0.6 is 0 Å². The Kier molecular flexibility index (Phi) is 5.13. The molecular weight excluding hydrogens is 330 g/mol. The van der Waals surface area contributed by atoms with Crippen molar-refractivity contribution in [1.82, 2.24) is 9.80 Å². The average Bonchev–Trinajstić information content (AvgIpc) is 3.04. The van der Waals surface area contributed by atoms with Gasteiger partial charge in [0.2, 0.25) is 0 Å². The van der Waals surface area contributed by atoms with Crippen molar-refractivity contribution in [1.29, 1.82) is 0 Å². The van der Waals surface area contributed by atoms with E-state index in [9.17, 15) is 0 Å². The molecule has 0 aliphatic carbocycles. The molecule has 140 valence electrons. The molecule has 3 nitrogen and oxygen atoms in total. The SMILES string of the molecule is C=C1C(=C/C(C)=C/C=C/N2CCc3cc(C)ccc32)C(=C)N(C)C(=C)N1C. The molecule has 0 spiro atoms. The summed E-state index contributed by atoms with van der Waals surface area (Å²) in [6.45, 7) is 17.8. The fourth-order valence-electron chi connectivity index (χ4n) is 3.52. The molecular formula is C24H29N3. The minimum absolute atomic E-state index is 0.881. The lowest BCUT2D eigenvalue weighted by Crippen LogP contribution is -2.35. The number of benzene rings is 1. The summed E-state index contributed by atoms with van der Waals surface area (Å²) in [5.41, 5.74) is 8.11. The van der Waals surface area contributed by atoms with Gasteiger partial charge in [-0.3, -0.25) is 0 Å². The number of rotatable bonds is 3. The minimum Gasteiger partial charge on any atom is -0.347 e. The highest BCUT2D eigenvalue weighted by Crippen LogP contribution is 2.33. The molecule has 2 aliphatic heterocycles. The van der Waals surface area contributed by atoms with Gasteiger partial charge in [-0.15, -0.1) is 0 Å². The third kappa shape index (κ3) is 3.63. The quantitative estimate of drug-likeness (QED) is 0.694. The van der Waals surface area contributed by atoms with Crippen LogP contribution in [0.1, 0.15) is 18.1 Å². The number of anilines is 1. The summed E-state index contributed by atoms with van der Waals surface area (Å²) in [4.78, 5) is 6.30. The van der Waals surface area contributed by atoms with E-state index >= 15 is 0 Å². The Hall–Kier alpha value is -2.94. The number of nitrogens with zero attached hydrogens (tertiary/aromatic N) is 3. The van der Waals surface area contributed by atoms with Crippen molar-refractivity contribution in [2.75, 3.05) is 25.5 Å². The maximum Gasteiger partial charge on any atom is 0.105 e. The van der Waals surface area contributed by atoms with Crippen LogP contribution in [0.15, 0.2) is 90.7 Å². The summed E-state index contributed by atoms with van der Waals surface area (Å²) in [5.74, 6) is 0.881. The molecule has 0 bridgehead atoms. The number of hydrogen-bond donors (Lipinski definition) is 0. The molecule has 2 aliphatic rings. The highest BCUT2D eigenvalue weighted by atomic mass is 15.3. The number of aryl methyl sites for hydroxylation is 1. The highest BCUT2D eigenvalue weighted by molar-refractivity contribution is 5.61. The van der Waals surface area contributed by atoms with E-state index in [0.717, 1.165) is 41.3 Å². The Bertz CT molecular complexity index is 872. The van der Waals surface area contributed by atoms with Crippen LogP contribution in [0.25, 0.3) is 0 Å². The first-order valence-electron chi connectivity index (χ1n) is 9.27. The monoisotopic (exact) mass is 359 g/mol.